The average molecular weight is 450 g/mol. The van der Waals surface area contributed by atoms with Crippen LogP contribution in [0.1, 0.15) is 40.0 Å². The summed E-state index contributed by atoms with van der Waals surface area (Å²) >= 11 is 0. The van der Waals surface area contributed by atoms with E-state index >= 15 is 0 Å². The van der Waals surface area contributed by atoms with E-state index in [1.807, 2.05) is 0 Å². The minimum absolute atomic E-state index is 0.0319. The Balaban J connectivity index is 1.89. The minimum Gasteiger partial charge on any atom is -0.406 e. The van der Waals surface area contributed by atoms with E-state index in [0.717, 1.165) is 6.07 Å². The molecule has 0 saturated carbocycles. The number of amides is 1. The van der Waals surface area contributed by atoms with Crippen molar-refractivity contribution in [3.05, 3.63) is 82.5 Å². The van der Waals surface area contributed by atoms with E-state index in [0.29, 0.717) is 16.7 Å². The topological polar surface area (TPSA) is 72.0 Å². The van der Waals surface area contributed by atoms with E-state index in [9.17, 15) is 22.4 Å². The predicted octanol–water partition coefficient (Wildman–Crippen LogP) is 4.19. The number of imidazole rings is 1. The summed E-state index contributed by atoms with van der Waals surface area (Å²) in [5.74, 6) is -1.52. The molecule has 0 radical (unpaired) electrons. The van der Waals surface area contributed by atoms with Gasteiger partial charge in [-0.15, -0.1) is 13.2 Å². The molecule has 1 amide bonds. The first kappa shape index (κ1) is 23.1. The summed E-state index contributed by atoms with van der Waals surface area (Å²) in [6.45, 7) is 3.36. The number of carbonyl (C=O) groups excluding carboxylic acids is 1. The Labute approximate surface area is 181 Å². The lowest BCUT2D eigenvalue weighted by Gasteiger charge is -2.17. The van der Waals surface area contributed by atoms with Crippen LogP contribution in [-0.2, 0) is 13.6 Å². The molecule has 0 saturated heterocycles. The summed E-state index contributed by atoms with van der Waals surface area (Å²) < 4.78 is 59.0. The number of hydrogen-bond donors (Lipinski definition) is 2. The van der Waals surface area contributed by atoms with Crippen LogP contribution in [0.15, 0.2) is 48.8 Å². The first-order valence-electron chi connectivity index (χ1n) is 9.66. The van der Waals surface area contributed by atoms with Crippen molar-refractivity contribution in [1.82, 2.24) is 14.5 Å². The molecule has 0 fully saturated rings. The van der Waals surface area contributed by atoms with E-state index in [4.69, 9.17) is 5.41 Å². The molecule has 0 unspecified atom stereocenters. The zero-order valence-electron chi connectivity index (χ0n) is 17.6. The van der Waals surface area contributed by atoms with Gasteiger partial charge in [0.25, 0.3) is 5.91 Å². The van der Waals surface area contributed by atoms with E-state index in [1.54, 1.807) is 39.4 Å². The molecule has 0 aliphatic rings. The Hall–Kier alpha value is -3.56. The number of aryl methyl sites for hydroxylation is 2. The number of hydrogen-bond acceptors (Lipinski definition) is 3. The summed E-state index contributed by atoms with van der Waals surface area (Å²) in [6, 6.07) is 7.53. The van der Waals surface area contributed by atoms with Crippen LogP contribution in [0.25, 0.3) is 0 Å². The number of nitrogens with one attached hydrogen (secondary N) is 2. The van der Waals surface area contributed by atoms with Crippen LogP contribution in [-0.4, -0.2) is 21.4 Å². The Morgan fingerprint density at radius 1 is 1.19 bits per heavy atom. The van der Waals surface area contributed by atoms with Gasteiger partial charge in [-0.1, -0.05) is 12.1 Å². The van der Waals surface area contributed by atoms with Gasteiger partial charge >= 0.3 is 6.36 Å². The van der Waals surface area contributed by atoms with Crippen LogP contribution < -0.4 is 15.7 Å². The molecule has 2 aromatic carbocycles. The van der Waals surface area contributed by atoms with Gasteiger partial charge in [0.05, 0.1) is 12.6 Å². The average Bonchev–Trinajstić information content (AvgIpc) is 3.00. The van der Waals surface area contributed by atoms with Crippen molar-refractivity contribution < 1.29 is 27.1 Å². The molecule has 1 atom stereocenters. The van der Waals surface area contributed by atoms with Gasteiger partial charge in [0.1, 0.15) is 11.6 Å². The maximum atomic E-state index is 13.5. The molecule has 0 aliphatic carbocycles. The lowest BCUT2D eigenvalue weighted by molar-refractivity contribution is -0.274. The molecule has 0 aliphatic heterocycles. The summed E-state index contributed by atoms with van der Waals surface area (Å²) in [7, 11) is 1.67. The second kappa shape index (κ2) is 8.89. The highest BCUT2D eigenvalue weighted by Gasteiger charge is 2.31. The van der Waals surface area contributed by atoms with Crippen molar-refractivity contribution in [3.8, 4) is 5.75 Å². The van der Waals surface area contributed by atoms with E-state index in [2.05, 4.69) is 10.1 Å². The van der Waals surface area contributed by atoms with Gasteiger partial charge < -0.3 is 19.2 Å². The first-order valence-corrected chi connectivity index (χ1v) is 9.66. The fourth-order valence-electron chi connectivity index (χ4n) is 3.22. The van der Waals surface area contributed by atoms with Crippen molar-refractivity contribution in [2.24, 2.45) is 7.05 Å². The monoisotopic (exact) mass is 450 g/mol. The number of carbonyl (C=O) groups is 1. The SMILES string of the molecule is Cc1cc([C@H](C)NC(=O)c2cc(Cn3ccn(C)c3=N)cc(OC(F)(F)F)c2)ccc1F. The Bertz CT molecular complexity index is 1200. The molecule has 10 heteroatoms. The highest BCUT2D eigenvalue weighted by Crippen LogP contribution is 2.26. The summed E-state index contributed by atoms with van der Waals surface area (Å²) in [6.07, 6.45) is -1.68. The molecule has 6 nitrogen and oxygen atoms in total. The van der Waals surface area contributed by atoms with Crippen molar-refractivity contribution in [2.45, 2.75) is 32.8 Å². The number of alkyl halides is 3. The molecule has 2 N–H and O–H groups in total. The summed E-state index contributed by atoms with van der Waals surface area (Å²) in [4.78, 5) is 12.8. The Morgan fingerprint density at radius 2 is 1.91 bits per heavy atom. The molecule has 1 aromatic heterocycles. The number of ether oxygens (including phenoxy) is 1. The quantitative estimate of drug-likeness (QED) is 0.553. The van der Waals surface area contributed by atoms with Crippen molar-refractivity contribution >= 4 is 5.91 Å². The largest absolute Gasteiger partial charge is 0.573 e. The first-order chi connectivity index (χ1) is 14.9. The molecular weight excluding hydrogens is 428 g/mol. The van der Waals surface area contributed by atoms with Crippen molar-refractivity contribution in [3.63, 3.8) is 0 Å². The molecular formula is C22H22F4N4O2. The van der Waals surface area contributed by atoms with Crippen LogP contribution in [0.4, 0.5) is 17.6 Å². The Kier molecular flexibility index (Phi) is 6.42. The third-order valence-electron chi connectivity index (χ3n) is 4.92. The maximum absolute atomic E-state index is 13.5. The number of halogens is 4. The normalized spacial score (nSPS) is 12.5. The standard InChI is InChI=1S/C22H22F4N4O2/c1-13-8-16(4-5-19(13)23)14(2)28-20(31)17-9-15(10-18(11-17)32-22(24,25)26)12-30-7-6-29(3)21(30)27/h4-11,14,27H,12H2,1-3H3,(H,28,31)/t14-/m0/s1. The molecule has 3 aromatic rings. The second-order valence-corrected chi connectivity index (χ2v) is 7.48. The second-order valence-electron chi connectivity index (χ2n) is 7.48. The molecule has 3 rings (SSSR count). The zero-order chi connectivity index (χ0) is 23.6. The highest BCUT2D eigenvalue weighted by molar-refractivity contribution is 5.95. The lowest BCUT2D eigenvalue weighted by Crippen LogP contribution is -2.27. The van der Waals surface area contributed by atoms with Gasteiger partial charge in [0, 0.05) is 25.0 Å². The lowest BCUT2D eigenvalue weighted by atomic mass is 10.0. The number of aromatic nitrogens is 2. The number of rotatable bonds is 6. The minimum atomic E-state index is -4.92. The van der Waals surface area contributed by atoms with Crippen LogP contribution >= 0.6 is 0 Å². The fraction of sp³-hybridized carbons (Fsp3) is 0.273. The third kappa shape index (κ3) is 5.57. The van der Waals surface area contributed by atoms with Crippen molar-refractivity contribution in [1.29, 1.82) is 5.41 Å². The van der Waals surface area contributed by atoms with Gasteiger partial charge in [-0.3, -0.25) is 10.2 Å². The van der Waals surface area contributed by atoms with Gasteiger partial charge in [-0.25, -0.2) is 4.39 Å². The Morgan fingerprint density at radius 3 is 2.50 bits per heavy atom. The molecule has 1 heterocycles. The van der Waals surface area contributed by atoms with Gasteiger partial charge in [0.2, 0.25) is 5.62 Å². The summed E-state index contributed by atoms with van der Waals surface area (Å²) in [5.41, 5.74) is 1.53. The fourth-order valence-corrected chi connectivity index (χ4v) is 3.22. The van der Waals surface area contributed by atoms with Gasteiger partial charge in [0.15, 0.2) is 0 Å². The van der Waals surface area contributed by atoms with E-state index in [-0.39, 0.29) is 23.5 Å². The molecule has 0 bridgehead atoms. The smallest absolute Gasteiger partial charge is 0.406 e. The van der Waals surface area contributed by atoms with Gasteiger partial charge in [-0.05, 0) is 54.8 Å². The molecule has 170 valence electrons. The number of nitrogens with zero attached hydrogens (tertiary/aromatic N) is 2. The highest BCUT2D eigenvalue weighted by atomic mass is 19.4. The molecule has 32 heavy (non-hydrogen) atoms. The molecule has 0 spiro atoms. The van der Waals surface area contributed by atoms with Gasteiger partial charge in [-0.2, -0.15) is 0 Å². The van der Waals surface area contributed by atoms with Crippen LogP contribution in [0.2, 0.25) is 0 Å². The number of benzene rings is 2. The van der Waals surface area contributed by atoms with Crippen molar-refractivity contribution in [2.75, 3.05) is 0 Å². The van der Waals surface area contributed by atoms with E-state index in [1.165, 1.54) is 33.4 Å². The maximum Gasteiger partial charge on any atom is 0.573 e. The van der Waals surface area contributed by atoms with Crippen LogP contribution in [0.5, 0.6) is 5.75 Å². The predicted molar refractivity (Wildman–Crippen MR) is 109 cm³/mol. The zero-order valence-corrected chi connectivity index (χ0v) is 17.6. The van der Waals surface area contributed by atoms with Crippen LogP contribution in [0, 0.1) is 18.2 Å². The third-order valence-corrected chi connectivity index (χ3v) is 4.92. The van der Waals surface area contributed by atoms with Crippen LogP contribution in [0.3, 0.4) is 0 Å². The summed E-state index contributed by atoms with van der Waals surface area (Å²) in [5, 5.41) is 10.7. The van der Waals surface area contributed by atoms with E-state index < -0.39 is 24.1 Å².